The molecule has 0 bridgehead atoms. The van der Waals surface area contributed by atoms with E-state index in [-0.39, 0.29) is 17.2 Å². The van der Waals surface area contributed by atoms with Gasteiger partial charge in [0.2, 0.25) is 5.84 Å². The first-order valence-electron chi connectivity index (χ1n) is 14.8. The van der Waals surface area contributed by atoms with Crippen LogP contribution >= 0.6 is 0 Å². The molecule has 1 rings (SSSR count). The summed E-state index contributed by atoms with van der Waals surface area (Å²) in [6.45, 7) is 4.08. The molecule has 35 heavy (non-hydrogen) atoms. The van der Waals surface area contributed by atoms with Gasteiger partial charge < -0.3 is 5.11 Å². The van der Waals surface area contributed by atoms with Crippen LogP contribution in [0.1, 0.15) is 142 Å². The average Bonchev–Trinajstić information content (AvgIpc) is 3.23. The Labute approximate surface area is 216 Å². The van der Waals surface area contributed by atoms with E-state index in [1.807, 2.05) is 13.1 Å². The molecule has 0 fully saturated rings. The molecule has 0 aromatic carbocycles. The third-order valence-electron chi connectivity index (χ3n) is 7.30. The summed E-state index contributed by atoms with van der Waals surface area (Å²) in [6, 6.07) is 0. The molecule has 0 aromatic rings. The van der Waals surface area contributed by atoms with Crippen LogP contribution in [0.25, 0.3) is 0 Å². The fraction of sp³-hybridized carbons (Fsp3) is 0.800. The van der Waals surface area contributed by atoms with Crippen molar-refractivity contribution in [2.75, 3.05) is 6.54 Å². The van der Waals surface area contributed by atoms with Gasteiger partial charge in [-0.05, 0) is 25.7 Å². The van der Waals surface area contributed by atoms with E-state index < -0.39 is 5.97 Å². The van der Waals surface area contributed by atoms with Crippen molar-refractivity contribution >= 4 is 11.8 Å². The maximum Gasteiger partial charge on any atom is 0.360 e. The zero-order chi connectivity index (χ0) is 25.6. The molecule has 0 aromatic heterocycles. The summed E-state index contributed by atoms with van der Waals surface area (Å²) in [4.78, 5) is 15.8. The summed E-state index contributed by atoms with van der Waals surface area (Å²) in [5, 5.41) is 9.29. The smallest absolute Gasteiger partial charge is 0.360 e. The van der Waals surface area contributed by atoms with Gasteiger partial charge in [0.05, 0.1) is 6.20 Å². The topological polar surface area (TPSA) is 75.7 Å². The Morgan fingerprint density at radius 2 is 1.31 bits per heavy atom. The number of nitrogens with zero attached hydrogens (tertiary/aromatic N) is 2. The highest BCUT2D eigenvalue weighted by atomic mass is 16.4. The summed E-state index contributed by atoms with van der Waals surface area (Å²) >= 11 is 0. The fourth-order valence-electron chi connectivity index (χ4n) is 5.01. The minimum atomic E-state index is -0.835. The molecule has 202 valence electrons. The van der Waals surface area contributed by atoms with Crippen molar-refractivity contribution in [3.63, 3.8) is 0 Å². The van der Waals surface area contributed by atoms with Crippen molar-refractivity contribution in [3.05, 3.63) is 24.6 Å². The van der Waals surface area contributed by atoms with Gasteiger partial charge in [-0.15, -0.1) is 0 Å². The van der Waals surface area contributed by atoms with Gasteiger partial charge in [-0.25, -0.2) is 14.3 Å². The lowest BCUT2D eigenvalue weighted by atomic mass is 10.0. The third-order valence-corrected chi connectivity index (χ3v) is 7.30. The highest BCUT2D eigenvalue weighted by molar-refractivity contribution is 5.81. The third kappa shape index (κ3) is 14.6. The maximum atomic E-state index is 11.3. The lowest BCUT2D eigenvalue weighted by molar-refractivity contribution is -0.805. The van der Waals surface area contributed by atoms with Gasteiger partial charge in [-0.3, -0.25) is 5.73 Å². The van der Waals surface area contributed by atoms with Crippen LogP contribution < -0.4 is 5.73 Å². The van der Waals surface area contributed by atoms with E-state index in [4.69, 9.17) is 5.73 Å². The molecule has 3 N–H and O–H groups in total. The van der Waals surface area contributed by atoms with Crippen LogP contribution in [0.4, 0.5) is 0 Å². The normalized spacial score (nSPS) is 18.4. The van der Waals surface area contributed by atoms with Crippen LogP contribution in [-0.4, -0.2) is 34.1 Å². The number of allylic oxidation sites excluding steroid dienone is 2. The largest absolute Gasteiger partial charge is 0.477 e. The molecule has 0 radical (unpaired) electrons. The molecular formula is C30H56N3O2+. The Morgan fingerprint density at radius 1 is 0.857 bits per heavy atom. The number of amidine groups is 1. The van der Waals surface area contributed by atoms with E-state index in [0.29, 0.717) is 0 Å². The van der Waals surface area contributed by atoms with Gasteiger partial charge in [0.1, 0.15) is 12.4 Å². The first kappa shape index (κ1) is 31.6. The van der Waals surface area contributed by atoms with Gasteiger partial charge in [0.15, 0.2) is 6.54 Å². The van der Waals surface area contributed by atoms with Crippen molar-refractivity contribution in [2.24, 2.45) is 10.7 Å². The monoisotopic (exact) mass is 490 g/mol. The van der Waals surface area contributed by atoms with E-state index in [1.54, 1.807) is 6.20 Å². The quantitative estimate of drug-likeness (QED) is 0.0809. The molecular weight excluding hydrogens is 434 g/mol. The Morgan fingerprint density at radius 3 is 1.77 bits per heavy atom. The number of carboxylic acid groups (broad SMARTS) is 1. The number of aliphatic carboxylic acids is 1. The molecule has 0 saturated carbocycles. The van der Waals surface area contributed by atoms with Gasteiger partial charge in [-0.2, -0.15) is 0 Å². The minimum Gasteiger partial charge on any atom is -0.477 e. The number of unbranched alkanes of at least 4 members (excludes halogenated alkanes) is 17. The van der Waals surface area contributed by atoms with Crippen LogP contribution in [0.5, 0.6) is 0 Å². The van der Waals surface area contributed by atoms with E-state index in [9.17, 15) is 9.90 Å². The van der Waals surface area contributed by atoms with Crippen LogP contribution in [0.15, 0.2) is 29.5 Å². The standard InChI is InChI=1S/C30H55N3O2/c1-3-4-5-6-7-8-9-10-11-12-13-14-15-16-17-18-19-20-21-22-23-24-29-32-25-26-33(29,28(2)31)27-30(34)35/h5-6,25-26,28H,3-4,7-24,27,31H2,1-2H3/p+1/b6-5+. The van der Waals surface area contributed by atoms with Crippen LogP contribution in [0, 0.1) is 0 Å². The number of carboxylic acids is 1. The van der Waals surface area contributed by atoms with Gasteiger partial charge >= 0.3 is 5.97 Å². The molecule has 0 saturated heterocycles. The molecule has 2 unspecified atom stereocenters. The first-order chi connectivity index (χ1) is 17.0. The molecule has 0 aliphatic carbocycles. The van der Waals surface area contributed by atoms with E-state index >= 15 is 0 Å². The summed E-state index contributed by atoms with van der Waals surface area (Å²) in [7, 11) is 0. The Kier molecular flexibility index (Phi) is 18.7. The van der Waals surface area contributed by atoms with Crippen LogP contribution in [0.3, 0.4) is 0 Å². The van der Waals surface area contributed by atoms with Crippen molar-refractivity contribution in [2.45, 2.75) is 148 Å². The predicted molar refractivity (Wildman–Crippen MR) is 150 cm³/mol. The molecule has 1 aliphatic heterocycles. The highest BCUT2D eigenvalue weighted by Crippen LogP contribution is 2.23. The number of quaternary nitrogens is 1. The number of carbonyl (C=O) groups is 1. The number of hydrogen-bond donors (Lipinski definition) is 2. The second-order valence-corrected chi connectivity index (χ2v) is 10.5. The van der Waals surface area contributed by atoms with Crippen LogP contribution in [0.2, 0.25) is 0 Å². The maximum absolute atomic E-state index is 11.3. The molecule has 1 aliphatic rings. The molecule has 5 nitrogen and oxygen atoms in total. The number of rotatable bonds is 24. The van der Waals surface area contributed by atoms with Crippen molar-refractivity contribution in [3.8, 4) is 0 Å². The lowest BCUT2D eigenvalue weighted by Crippen LogP contribution is -2.59. The number of aliphatic imine (C=N–C) groups is 1. The van der Waals surface area contributed by atoms with Gasteiger partial charge in [-0.1, -0.05) is 115 Å². The number of hydrogen-bond acceptors (Lipinski definition) is 3. The van der Waals surface area contributed by atoms with Crippen molar-refractivity contribution in [1.82, 2.24) is 0 Å². The molecule has 2 atom stereocenters. The molecule has 0 amide bonds. The number of nitrogens with two attached hydrogens (primary N) is 1. The first-order valence-corrected chi connectivity index (χ1v) is 14.8. The van der Waals surface area contributed by atoms with Gasteiger partial charge in [0, 0.05) is 13.3 Å². The molecule has 1 heterocycles. The SMILES string of the molecule is CCC/C=C/CCCCCCCCCCCCCCCCCCC1=NC=C[N+]1(CC(=O)O)C(C)N. The highest BCUT2D eigenvalue weighted by Gasteiger charge is 2.40. The van der Waals surface area contributed by atoms with E-state index in [2.05, 4.69) is 24.1 Å². The summed E-state index contributed by atoms with van der Waals surface area (Å²) in [5.41, 5.74) is 6.13. The minimum absolute atomic E-state index is 0.0236. The van der Waals surface area contributed by atoms with Crippen molar-refractivity contribution in [1.29, 1.82) is 0 Å². The second-order valence-electron chi connectivity index (χ2n) is 10.5. The molecule has 5 heteroatoms. The zero-order valence-electron chi connectivity index (χ0n) is 23.1. The van der Waals surface area contributed by atoms with E-state index in [0.717, 1.165) is 18.7 Å². The summed E-state index contributed by atoms with van der Waals surface area (Å²) < 4.78 is 0.173. The van der Waals surface area contributed by atoms with Crippen molar-refractivity contribution < 1.29 is 14.4 Å². The lowest BCUT2D eigenvalue weighted by Gasteiger charge is -2.34. The summed E-state index contributed by atoms with van der Waals surface area (Å²) in [6.07, 6.45) is 34.2. The van der Waals surface area contributed by atoms with Crippen LogP contribution in [-0.2, 0) is 4.79 Å². The predicted octanol–water partition coefficient (Wildman–Crippen LogP) is 8.45. The fourth-order valence-corrected chi connectivity index (χ4v) is 5.01. The Hall–Kier alpha value is -1.46. The molecule has 0 spiro atoms. The Bertz CT molecular complexity index is 627. The van der Waals surface area contributed by atoms with E-state index in [1.165, 1.54) is 116 Å². The summed E-state index contributed by atoms with van der Waals surface area (Å²) in [5.74, 6) is 0.0658. The average molecular weight is 491 g/mol. The Balaban J connectivity index is 1.87. The zero-order valence-corrected chi connectivity index (χ0v) is 23.1. The van der Waals surface area contributed by atoms with Gasteiger partial charge in [0.25, 0.3) is 0 Å². The second kappa shape index (κ2) is 20.7.